The second-order valence-electron chi connectivity index (χ2n) is 11.6. The Morgan fingerprint density at radius 3 is 2.26 bits per heavy atom. The van der Waals surface area contributed by atoms with E-state index in [0.29, 0.717) is 22.6 Å². The zero-order chi connectivity index (χ0) is 31.5. The van der Waals surface area contributed by atoms with Crippen molar-refractivity contribution in [2.75, 3.05) is 18.9 Å². The van der Waals surface area contributed by atoms with Crippen molar-refractivity contribution >= 4 is 41.1 Å². The molecule has 2 aromatic rings. The Morgan fingerprint density at radius 1 is 1.07 bits per heavy atom. The molecule has 3 rings (SSSR count). The number of nitrogens with one attached hydrogen (secondary N) is 2. The van der Waals surface area contributed by atoms with E-state index in [1.807, 2.05) is 0 Å². The van der Waals surface area contributed by atoms with Gasteiger partial charge in [-0.15, -0.1) is 0 Å². The summed E-state index contributed by atoms with van der Waals surface area (Å²) < 4.78 is 34.2. The van der Waals surface area contributed by atoms with Crippen LogP contribution in [0.4, 0.5) is 19.3 Å². The SMILES string of the molecule is CC(C)C(NC(=O)[C@H](C)N(C)C(=O)OC(C)(C)C)C(=O)N1CCc2cc(Cl)ccc2C1C(=O)Nc1c(F)cccc1F. The molecular formula is C30H37ClF2N4O5. The third kappa shape index (κ3) is 7.56. The van der Waals surface area contributed by atoms with Gasteiger partial charge in [-0.3, -0.25) is 19.3 Å². The van der Waals surface area contributed by atoms with Crippen LogP contribution in [0.15, 0.2) is 36.4 Å². The summed E-state index contributed by atoms with van der Waals surface area (Å²) in [6.07, 6.45) is -0.350. The number of carbonyl (C=O) groups is 4. The smallest absolute Gasteiger partial charge is 0.410 e. The van der Waals surface area contributed by atoms with Crippen molar-refractivity contribution in [1.82, 2.24) is 15.1 Å². The van der Waals surface area contributed by atoms with Crippen LogP contribution >= 0.6 is 11.6 Å². The lowest BCUT2D eigenvalue weighted by atomic mass is 9.90. The van der Waals surface area contributed by atoms with Gasteiger partial charge in [-0.05, 0) is 75.4 Å². The Hall–Kier alpha value is -3.73. The van der Waals surface area contributed by atoms with E-state index >= 15 is 0 Å². The van der Waals surface area contributed by atoms with E-state index in [1.54, 1.807) is 52.8 Å². The molecule has 1 heterocycles. The van der Waals surface area contributed by atoms with Gasteiger partial charge in [0.05, 0.1) is 0 Å². The molecule has 42 heavy (non-hydrogen) atoms. The normalized spacial score (nSPS) is 16.3. The molecule has 9 nitrogen and oxygen atoms in total. The van der Waals surface area contributed by atoms with Crippen molar-refractivity contribution in [2.45, 2.75) is 71.7 Å². The zero-order valence-electron chi connectivity index (χ0n) is 24.8. The first-order valence-corrected chi connectivity index (χ1v) is 14.0. The van der Waals surface area contributed by atoms with Gasteiger partial charge in [0.1, 0.15) is 41.0 Å². The summed E-state index contributed by atoms with van der Waals surface area (Å²) in [5.74, 6) is -4.36. The van der Waals surface area contributed by atoms with Crippen LogP contribution in [0.5, 0.6) is 0 Å². The fourth-order valence-corrected chi connectivity index (χ4v) is 4.75. The number of ether oxygens (including phenoxy) is 1. The van der Waals surface area contributed by atoms with Gasteiger partial charge in [0.15, 0.2) is 0 Å². The number of hydrogen-bond donors (Lipinski definition) is 2. The maximum Gasteiger partial charge on any atom is 0.410 e. The molecule has 0 saturated carbocycles. The van der Waals surface area contributed by atoms with Crippen LogP contribution in [0.1, 0.15) is 58.7 Å². The summed E-state index contributed by atoms with van der Waals surface area (Å²) in [6.45, 7) is 10.1. The number of amides is 4. The Bertz CT molecular complexity index is 1340. The van der Waals surface area contributed by atoms with Gasteiger partial charge in [-0.2, -0.15) is 0 Å². The molecule has 0 fully saturated rings. The molecule has 1 aliphatic heterocycles. The van der Waals surface area contributed by atoms with E-state index in [0.717, 1.165) is 17.0 Å². The van der Waals surface area contributed by atoms with Crippen molar-refractivity contribution in [3.05, 3.63) is 64.2 Å². The number of benzene rings is 2. The van der Waals surface area contributed by atoms with Gasteiger partial charge in [0.25, 0.3) is 5.91 Å². The van der Waals surface area contributed by atoms with E-state index in [1.165, 1.54) is 24.9 Å². The maximum atomic E-state index is 14.4. The molecule has 2 unspecified atom stereocenters. The summed E-state index contributed by atoms with van der Waals surface area (Å²) in [7, 11) is 1.42. The third-order valence-corrected chi connectivity index (χ3v) is 7.18. The first-order valence-electron chi connectivity index (χ1n) is 13.6. The first-order chi connectivity index (χ1) is 19.5. The van der Waals surface area contributed by atoms with E-state index in [4.69, 9.17) is 16.3 Å². The summed E-state index contributed by atoms with van der Waals surface area (Å²) in [5, 5.41) is 5.45. The molecule has 2 aromatic carbocycles. The maximum absolute atomic E-state index is 14.4. The molecule has 0 bridgehead atoms. The van der Waals surface area contributed by atoms with E-state index in [-0.39, 0.29) is 6.54 Å². The second kappa shape index (κ2) is 13.1. The highest BCUT2D eigenvalue weighted by Gasteiger charge is 2.41. The molecule has 0 aromatic heterocycles. The molecular weight excluding hydrogens is 570 g/mol. The summed E-state index contributed by atoms with van der Waals surface area (Å²) in [5.41, 5.74) is -0.254. The number of para-hydroxylation sites is 1. The first kappa shape index (κ1) is 32.8. The molecule has 228 valence electrons. The molecule has 12 heteroatoms. The van der Waals surface area contributed by atoms with Crippen molar-refractivity contribution < 1.29 is 32.7 Å². The topological polar surface area (TPSA) is 108 Å². The van der Waals surface area contributed by atoms with Gasteiger partial charge >= 0.3 is 6.09 Å². The van der Waals surface area contributed by atoms with Gasteiger partial charge < -0.3 is 20.3 Å². The molecule has 0 saturated heterocycles. The minimum Gasteiger partial charge on any atom is -0.444 e. The summed E-state index contributed by atoms with van der Waals surface area (Å²) >= 11 is 6.17. The van der Waals surface area contributed by atoms with Gasteiger partial charge in [-0.25, -0.2) is 13.6 Å². The summed E-state index contributed by atoms with van der Waals surface area (Å²) in [4.78, 5) is 55.8. The van der Waals surface area contributed by atoms with Crippen LogP contribution in [0.2, 0.25) is 5.02 Å². The van der Waals surface area contributed by atoms with E-state index in [2.05, 4.69) is 10.6 Å². The molecule has 0 spiro atoms. The van der Waals surface area contributed by atoms with Crippen molar-refractivity contribution in [3.63, 3.8) is 0 Å². The zero-order valence-corrected chi connectivity index (χ0v) is 25.5. The van der Waals surface area contributed by atoms with Crippen molar-refractivity contribution in [1.29, 1.82) is 0 Å². The lowest BCUT2D eigenvalue weighted by Crippen LogP contribution is -2.58. The Labute approximate surface area is 249 Å². The Kier molecular flexibility index (Phi) is 10.2. The Balaban J connectivity index is 1.91. The van der Waals surface area contributed by atoms with Crippen molar-refractivity contribution in [2.24, 2.45) is 5.92 Å². The number of rotatable bonds is 7. The highest BCUT2D eigenvalue weighted by molar-refractivity contribution is 6.30. The number of anilines is 1. The number of fused-ring (bicyclic) bond motifs is 1. The van der Waals surface area contributed by atoms with Crippen LogP contribution < -0.4 is 10.6 Å². The van der Waals surface area contributed by atoms with Gasteiger partial charge in [0, 0.05) is 18.6 Å². The predicted octanol–water partition coefficient (Wildman–Crippen LogP) is 5.08. The quantitative estimate of drug-likeness (QED) is 0.457. The minimum absolute atomic E-state index is 0.0798. The molecule has 0 aliphatic carbocycles. The van der Waals surface area contributed by atoms with Crippen LogP contribution in [0.25, 0.3) is 0 Å². The predicted molar refractivity (Wildman–Crippen MR) is 155 cm³/mol. The Morgan fingerprint density at radius 2 is 1.69 bits per heavy atom. The number of halogens is 3. The lowest BCUT2D eigenvalue weighted by molar-refractivity contribution is -0.144. The second-order valence-corrected chi connectivity index (χ2v) is 12.0. The molecule has 0 radical (unpaired) electrons. The number of likely N-dealkylation sites (N-methyl/N-ethyl adjacent to an activating group) is 1. The van der Waals surface area contributed by atoms with Crippen LogP contribution in [0, 0.1) is 17.6 Å². The third-order valence-electron chi connectivity index (χ3n) is 6.95. The fourth-order valence-electron chi connectivity index (χ4n) is 4.56. The molecule has 3 atom stereocenters. The average molecular weight is 607 g/mol. The largest absolute Gasteiger partial charge is 0.444 e. The highest BCUT2D eigenvalue weighted by atomic mass is 35.5. The molecule has 2 N–H and O–H groups in total. The molecule has 1 aliphatic rings. The van der Waals surface area contributed by atoms with E-state index in [9.17, 15) is 28.0 Å². The number of hydrogen-bond acceptors (Lipinski definition) is 5. The van der Waals surface area contributed by atoms with Gasteiger partial charge in [0.2, 0.25) is 11.8 Å². The number of carbonyl (C=O) groups excluding carboxylic acids is 4. The number of nitrogens with zero attached hydrogens (tertiary/aromatic N) is 2. The highest BCUT2D eigenvalue weighted by Crippen LogP contribution is 2.34. The monoisotopic (exact) mass is 606 g/mol. The average Bonchev–Trinajstić information content (AvgIpc) is 2.90. The van der Waals surface area contributed by atoms with Crippen LogP contribution in [0.3, 0.4) is 0 Å². The lowest BCUT2D eigenvalue weighted by Gasteiger charge is -2.39. The summed E-state index contributed by atoms with van der Waals surface area (Å²) in [6, 6.07) is 4.70. The van der Waals surface area contributed by atoms with Gasteiger partial charge in [-0.1, -0.05) is 37.6 Å². The van der Waals surface area contributed by atoms with E-state index < -0.39 is 70.8 Å². The fraction of sp³-hybridized carbons (Fsp3) is 0.467. The van der Waals surface area contributed by atoms with Crippen molar-refractivity contribution in [3.8, 4) is 0 Å². The van der Waals surface area contributed by atoms with Crippen LogP contribution in [-0.2, 0) is 25.5 Å². The minimum atomic E-state index is -1.27. The van der Waals surface area contributed by atoms with Crippen LogP contribution in [-0.4, -0.2) is 64.9 Å². The standard InChI is InChI=1S/C30H37ClF2N4O5/c1-16(2)23(34-26(38)17(3)36(7)29(41)42-30(4,5)6)28(40)37-14-13-18-15-19(31)11-12-20(18)25(37)27(39)35-24-21(32)9-8-10-22(24)33/h8-12,15-17,23,25H,13-14H2,1-7H3,(H,34,38)(H,35,39)/t17-,23?,25?/m0/s1. The molecule has 4 amide bonds.